The van der Waals surface area contributed by atoms with Gasteiger partial charge in [0.25, 0.3) is 0 Å². The number of nitrogens with one attached hydrogen (secondary N) is 1. The summed E-state index contributed by atoms with van der Waals surface area (Å²) in [6, 6.07) is 20.5. The summed E-state index contributed by atoms with van der Waals surface area (Å²) in [5.41, 5.74) is 1.96. The lowest BCUT2D eigenvalue weighted by molar-refractivity contribution is 0.0697. The van der Waals surface area contributed by atoms with E-state index in [4.69, 9.17) is 26.3 Å². The number of hydrogen-bond acceptors (Lipinski definition) is 6. The van der Waals surface area contributed by atoms with E-state index in [2.05, 4.69) is 17.4 Å². The SMILES string of the molecule is CC(C)Oc1ccc(CNc2nc(-c3ccc(C(=O)O)cc3)nc3sc4ccccc4c23)cc1Cl. The number of halogens is 1. The average Bonchev–Trinajstić information content (AvgIpc) is 3.22. The second kappa shape index (κ2) is 9.52. The fourth-order valence-corrected chi connectivity index (χ4v) is 5.16. The number of fused-ring (bicyclic) bond motifs is 3. The molecule has 176 valence electrons. The van der Waals surface area contributed by atoms with Crippen molar-refractivity contribution in [2.24, 2.45) is 0 Å². The molecule has 0 atom stereocenters. The van der Waals surface area contributed by atoms with Gasteiger partial charge in [0.1, 0.15) is 16.4 Å². The first kappa shape index (κ1) is 23.1. The van der Waals surface area contributed by atoms with Gasteiger partial charge in [-0.1, -0.05) is 48.0 Å². The molecule has 0 aliphatic heterocycles. The van der Waals surface area contributed by atoms with Gasteiger partial charge in [0.2, 0.25) is 0 Å². The van der Waals surface area contributed by atoms with Crippen LogP contribution in [0, 0.1) is 0 Å². The van der Waals surface area contributed by atoms with E-state index < -0.39 is 5.97 Å². The maximum atomic E-state index is 11.2. The summed E-state index contributed by atoms with van der Waals surface area (Å²) < 4.78 is 6.86. The van der Waals surface area contributed by atoms with Crippen LogP contribution in [0.1, 0.15) is 29.8 Å². The standard InChI is InChI=1S/C27H22ClN3O3S/c1-15(2)34-21-12-7-16(13-20(21)28)14-29-25-23-19-5-3-4-6-22(19)35-26(23)31-24(30-25)17-8-10-18(11-9-17)27(32)33/h3-13,15H,14H2,1-2H3,(H,32,33)(H,29,30,31). The normalized spacial score (nSPS) is 11.3. The van der Waals surface area contributed by atoms with E-state index in [1.807, 2.05) is 44.2 Å². The maximum absolute atomic E-state index is 11.2. The van der Waals surface area contributed by atoms with Crippen LogP contribution >= 0.6 is 22.9 Å². The number of ether oxygens (including phenoxy) is 1. The topological polar surface area (TPSA) is 84.3 Å². The molecule has 35 heavy (non-hydrogen) atoms. The number of nitrogens with zero attached hydrogens (tertiary/aromatic N) is 2. The summed E-state index contributed by atoms with van der Waals surface area (Å²) in [6.07, 6.45) is 0.0423. The van der Waals surface area contributed by atoms with E-state index in [9.17, 15) is 9.90 Å². The third kappa shape index (κ3) is 4.78. The zero-order valence-electron chi connectivity index (χ0n) is 19.1. The van der Waals surface area contributed by atoms with E-state index >= 15 is 0 Å². The molecule has 5 aromatic rings. The summed E-state index contributed by atoms with van der Waals surface area (Å²) in [4.78, 5) is 21.7. The van der Waals surface area contributed by atoms with E-state index in [0.29, 0.717) is 29.0 Å². The third-order valence-corrected chi connectivity index (χ3v) is 6.81. The number of carboxylic acid groups (broad SMARTS) is 1. The van der Waals surface area contributed by atoms with Crippen molar-refractivity contribution in [3.8, 4) is 17.1 Å². The molecule has 0 spiro atoms. The van der Waals surface area contributed by atoms with Crippen molar-refractivity contribution in [1.82, 2.24) is 9.97 Å². The highest BCUT2D eigenvalue weighted by Gasteiger charge is 2.16. The Kier molecular flexibility index (Phi) is 6.28. The molecule has 2 N–H and O–H groups in total. The number of benzene rings is 3. The van der Waals surface area contributed by atoms with E-state index in [1.165, 1.54) is 0 Å². The zero-order valence-corrected chi connectivity index (χ0v) is 20.7. The zero-order chi connectivity index (χ0) is 24.5. The fourth-order valence-electron chi connectivity index (χ4n) is 3.83. The molecule has 0 fully saturated rings. The molecule has 2 aromatic heterocycles. The Bertz CT molecular complexity index is 1550. The van der Waals surface area contributed by atoms with Crippen LogP contribution in [0.2, 0.25) is 5.02 Å². The number of carboxylic acids is 1. The molecule has 0 aliphatic rings. The van der Waals surface area contributed by atoms with Gasteiger partial charge in [0.05, 0.1) is 22.1 Å². The minimum atomic E-state index is -0.969. The van der Waals surface area contributed by atoms with E-state index in [0.717, 1.165) is 31.4 Å². The molecular formula is C27H22ClN3O3S. The highest BCUT2D eigenvalue weighted by molar-refractivity contribution is 7.25. The average molecular weight is 504 g/mol. The fraction of sp³-hybridized carbons (Fsp3) is 0.148. The summed E-state index contributed by atoms with van der Waals surface area (Å²) in [5, 5.41) is 15.3. The molecule has 3 aromatic carbocycles. The van der Waals surface area contributed by atoms with Crippen molar-refractivity contribution in [3.63, 3.8) is 0 Å². The largest absolute Gasteiger partial charge is 0.489 e. The Labute approximate surface area is 211 Å². The number of hydrogen-bond donors (Lipinski definition) is 2. The summed E-state index contributed by atoms with van der Waals surface area (Å²) >= 11 is 8.03. The van der Waals surface area contributed by atoms with Crippen molar-refractivity contribution in [3.05, 3.63) is 82.9 Å². The Morgan fingerprint density at radius 1 is 1.09 bits per heavy atom. The van der Waals surface area contributed by atoms with Crippen LogP contribution in [0.3, 0.4) is 0 Å². The molecule has 0 amide bonds. The van der Waals surface area contributed by atoms with Gasteiger partial charge in [0, 0.05) is 22.2 Å². The van der Waals surface area contributed by atoms with Gasteiger partial charge >= 0.3 is 5.97 Å². The highest BCUT2D eigenvalue weighted by Crippen LogP contribution is 2.38. The van der Waals surface area contributed by atoms with Crippen LogP contribution in [0.25, 0.3) is 31.7 Å². The summed E-state index contributed by atoms with van der Waals surface area (Å²) in [6.45, 7) is 4.43. The monoisotopic (exact) mass is 503 g/mol. The van der Waals surface area contributed by atoms with Gasteiger partial charge in [0.15, 0.2) is 5.82 Å². The Morgan fingerprint density at radius 3 is 2.57 bits per heavy atom. The van der Waals surface area contributed by atoms with E-state index in [1.54, 1.807) is 35.6 Å². The van der Waals surface area contributed by atoms with Crippen molar-refractivity contribution in [1.29, 1.82) is 0 Å². The van der Waals surface area contributed by atoms with Gasteiger partial charge in [-0.25, -0.2) is 14.8 Å². The molecular weight excluding hydrogens is 482 g/mol. The second-order valence-corrected chi connectivity index (χ2v) is 9.78. The maximum Gasteiger partial charge on any atom is 0.335 e. The van der Waals surface area contributed by atoms with Crippen LogP contribution in [-0.2, 0) is 6.54 Å². The molecule has 0 saturated carbocycles. The molecule has 0 bridgehead atoms. The Balaban J connectivity index is 1.54. The smallest absolute Gasteiger partial charge is 0.335 e. The molecule has 0 aliphatic carbocycles. The van der Waals surface area contributed by atoms with Crippen LogP contribution in [0.4, 0.5) is 5.82 Å². The predicted molar refractivity (Wildman–Crippen MR) is 142 cm³/mol. The molecule has 5 rings (SSSR count). The Hall–Kier alpha value is -3.68. The van der Waals surface area contributed by atoms with Crippen LogP contribution in [0.5, 0.6) is 5.75 Å². The number of rotatable bonds is 7. The van der Waals surface area contributed by atoms with Crippen LogP contribution in [-0.4, -0.2) is 27.1 Å². The Morgan fingerprint density at radius 2 is 1.86 bits per heavy atom. The number of carbonyl (C=O) groups is 1. The second-order valence-electron chi connectivity index (χ2n) is 8.34. The molecule has 0 radical (unpaired) electrons. The third-order valence-electron chi connectivity index (χ3n) is 5.45. The van der Waals surface area contributed by atoms with Gasteiger partial charge < -0.3 is 15.2 Å². The summed E-state index contributed by atoms with van der Waals surface area (Å²) in [7, 11) is 0. The van der Waals surface area contributed by atoms with Gasteiger partial charge in [-0.15, -0.1) is 11.3 Å². The van der Waals surface area contributed by atoms with Gasteiger partial charge in [-0.3, -0.25) is 0 Å². The molecule has 8 heteroatoms. The number of aromatic nitrogens is 2. The molecule has 6 nitrogen and oxygen atoms in total. The van der Waals surface area contributed by atoms with E-state index in [-0.39, 0.29) is 11.7 Å². The lowest BCUT2D eigenvalue weighted by Crippen LogP contribution is -2.07. The first-order chi connectivity index (χ1) is 16.9. The van der Waals surface area contributed by atoms with Crippen molar-refractivity contribution >= 4 is 55.0 Å². The quantitative estimate of drug-likeness (QED) is 0.243. The lowest BCUT2D eigenvalue weighted by atomic mass is 10.1. The van der Waals surface area contributed by atoms with Crippen molar-refractivity contribution in [2.45, 2.75) is 26.5 Å². The summed E-state index contributed by atoms with van der Waals surface area (Å²) in [5.74, 6) is 0.930. The molecule has 0 saturated heterocycles. The number of thiophene rings is 1. The van der Waals surface area contributed by atoms with Crippen LogP contribution < -0.4 is 10.1 Å². The van der Waals surface area contributed by atoms with Crippen molar-refractivity contribution < 1.29 is 14.6 Å². The van der Waals surface area contributed by atoms with Crippen LogP contribution in [0.15, 0.2) is 66.7 Å². The van der Waals surface area contributed by atoms with Gasteiger partial charge in [-0.05, 0) is 49.7 Å². The lowest BCUT2D eigenvalue weighted by Gasteiger charge is -2.13. The molecule has 0 unspecified atom stereocenters. The first-order valence-corrected chi connectivity index (χ1v) is 12.3. The number of aromatic carboxylic acids is 1. The van der Waals surface area contributed by atoms with Crippen molar-refractivity contribution in [2.75, 3.05) is 5.32 Å². The molecule has 2 heterocycles. The first-order valence-electron chi connectivity index (χ1n) is 11.1. The van der Waals surface area contributed by atoms with Gasteiger partial charge in [-0.2, -0.15) is 0 Å². The minimum absolute atomic E-state index is 0.0423. The minimum Gasteiger partial charge on any atom is -0.489 e. The highest BCUT2D eigenvalue weighted by atomic mass is 35.5. The number of anilines is 1. The predicted octanol–water partition coefficient (Wildman–Crippen LogP) is 7.26.